The maximum absolute atomic E-state index is 13.5. The third kappa shape index (κ3) is 7.14. The minimum absolute atomic E-state index is 0.110. The topological polar surface area (TPSA) is 23.6 Å². The van der Waals surface area contributed by atoms with Crippen molar-refractivity contribution in [3.05, 3.63) is 119 Å². The van der Waals surface area contributed by atoms with E-state index in [4.69, 9.17) is 23.2 Å². The fourth-order valence-electron chi connectivity index (χ4n) is 6.29. The van der Waals surface area contributed by atoms with E-state index in [-0.39, 0.29) is 11.3 Å². The Balaban J connectivity index is 0.00000172. The van der Waals surface area contributed by atoms with Gasteiger partial charge in [-0.2, -0.15) is 0 Å². The van der Waals surface area contributed by atoms with Gasteiger partial charge in [0.2, 0.25) is 0 Å². The van der Waals surface area contributed by atoms with Gasteiger partial charge in [-0.1, -0.05) is 84.7 Å². The van der Waals surface area contributed by atoms with E-state index in [1.54, 1.807) is 0 Å². The second kappa shape index (κ2) is 13.2. The summed E-state index contributed by atoms with van der Waals surface area (Å²) in [6.45, 7) is 13.0. The van der Waals surface area contributed by atoms with E-state index < -0.39 is 0 Å². The molecule has 3 aromatic carbocycles. The zero-order chi connectivity index (χ0) is 27.9. The molecule has 0 bridgehead atoms. The fourth-order valence-corrected chi connectivity index (χ4v) is 6.59. The average molecular weight is 564 g/mol. The lowest BCUT2D eigenvalue weighted by atomic mass is 9.71. The number of likely N-dealkylation sites (tertiary alicyclic amines) is 2. The molecule has 0 radical (unpaired) electrons. The first-order chi connectivity index (χ1) is 18.9. The largest absolute Gasteiger partial charge is 0.338 e. The van der Waals surface area contributed by atoms with Crippen molar-refractivity contribution in [2.24, 2.45) is 5.41 Å². The van der Waals surface area contributed by atoms with E-state index in [2.05, 4.69) is 61.4 Å². The third-order valence-electron chi connectivity index (χ3n) is 8.48. The monoisotopic (exact) mass is 562 g/mol. The Bertz CT molecular complexity index is 1220. The van der Waals surface area contributed by atoms with E-state index in [0.29, 0.717) is 22.0 Å². The van der Waals surface area contributed by atoms with E-state index >= 15 is 0 Å². The van der Waals surface area contributed by atoms with Crippen LogP contribution < -0.4 is 0 Å². The molecule has 3 nitrogen and oxygen atoms in total. The molecule has 5 rings (SSSR count). The van der Waals surface area contributed by atoms with Crippen LogP contribution in [0.4, 0.5) is 0 Å². The van der Waals surface area contributed by atoms with Crippen molar-refractivity contribution < 1.29 is 4.79 Å². The summed E-state index contributed by atoms with van der Waals surface area (Å²) < 4.78 is 0. The van der Waals surface area contributed by atoms with Crippen LogP contribution in [0.15, 0.2) is 92.0 Å². The van der Waals surface area contributed by atoms with Crippen LogP contribution in [-0.4, -0.2) is 48.4 Å². The number of piperidine rings is 2. The Hall–Kier alpha value is -2.59. The molecule has 1 unspecified atom stereocenters. The maximum atomic E-state index is 13.5. The van der Waals surface area contributed by atoms with Crippen molar-refractivity contribution in [3.63, 3.8) is 0 Å². The summed E-state index contributed by atoms with van der Waals surface area (Å²) in [6.07, 6.45) is 5.47. The molecule has 2 heterocycles. The molecule has 0 saturated carbocycles. The van der Waals surface area contributed by atoms with Crippen molar-refractivity contribution in [2.45, 2.75) is 44.4 Å². The lowest BCUT2D eigenvalue weighted by Crippen LogP contribution is -2.55. The molecule has 39 heavy (non-hydrogen) atoms. The number of halogens is 2. The number of benzene rings is 3. The quantitative estimate of drug-likeness (QED) is 0.282. The SMILES string of the molecule is C=C.CC1(Cc2ccccc2)CCN(CC2(c3ccc(Cl)c(Cl)c3)CCCN(C(=O)c3ccccc3)C2)CC1. The van der Waals surface area contributed by atoms with Gasteiger partial charge in [0.1, 0.15) is 0 Å². The summed E-state index contributed by atoms with van der Waals surface area (Å²) in [5, 5.41) is 1.15. The fraction of sp³-hybridized carbons (Fsp3) is 0.382. The van der Waals surface area contributed by atoms with Crippen LogP contribution >= 0.6 is 23.2 Å². The van der Waals surface area contributed by atoms with Crippen LogP contribution in [0, 0.1) is 5.41 Å². The van der Waals surface area contributed by atoms with Crippen molar-refractivity contribution >= 4 is 29.1 Å². The molecular weight excluding hydrogens is 523 g/mol. The summed E-state index contributed by atoms with van der Waals surface area (Å²) in [5.41, 5.74) is 3.50. The summed E-state index contributed by atoms with van der Waals surface area (Å²) >= 11 is 12.8. The van der Waals surface area contributed by atoms with E-state index in [1.807, 2.05) is 47.4 Å². The molecule has 0 aromatic heterocycles. The molecule has 1 atom stereocenters. The van der Waals surface area contributed by atoms with Gasteiger partial charge >= 0.3 is 0 Å². The first-order valence-corrected chi connectivity index (χ1v) is 14.7. The van der Waals surface area contributed by atoms with E-state index in [9.17, 15) is 4.79 Å². The first-order valence-electron chi connectivity index (χ1n) is 13.9. The van der Waals surface area contributed by atoms with E-state index in [0.717, 1.165) is 51.0 Å². The summed E-state index contributed by atoms with van der Waals surface area (Å²) in [5.74, 6) is 0.110. The zero-order valence-corrected chi connectivity index (χ0v) is 24.6. The van der Waals surface area contributed by atoms with Gasteiger partial charge in [0.25, 0.3) is 5.91 Å². The molecule has 0 aliphatic carbocycles. The molecule has 5 heteroatoms. The van der Waals surface area contributed by atoms with Gasteiger partial charge in [0.05, 0.1) is 10.0 Å². The number of hydrogen-bond acceptors (Lipinski definition) is 2. The van der Waals surface area contributed by atoms with Crippen molar-refractivity contribution in [3.8, 4) is 0 Å². The summed E-state index contributed by atoms with van der Waals surface area (Å²) in [4.78, 5) is 18.1. The van der Waals surface area contributed by atoms with Crippen LogP contribution in [0.25, 0.3) is 0 Å². The summed E-state index contributed by atoms with van der Waals surface area (Å²) in [6, 6.07) is 26.6. The Morgan fingerprint density at radius 1 is 0.846 bits per heavy atom. The van der Waals surface area contributed by atoms with Crippen LogP contribution in [0.3, 0.4) is 0 Å². The molecule has 2 saturated heterocycles. The second-order valence-electron chi connectivity index (χ2n) is 11.4. The van der Waals surface area contributed by atoms with Gasteiger partial charge in [0, 0.05) is 30.6 Å². The van der Waals surface area contributed by atoms with Gasteiger partial charge in [-0.15, -0.1) is 13.2 Å². The lowest BCUT2D eigenvalue weighted by Gasteiger charge is -2.48. The van der Waals surface area contributed by atoms with Gasteiger partial charge in [-0.3, -0.25) is 4.79 Å². The number of carbonyl (C=O) groups is 1. The standard InChI is InChI=1S/C32H36Cl2N2O.C2H4/c1-31(22-25-9-4-2-5-10-25)16-19-35(20-17-31)23-32(27-13-14-28(33)29(34)21-27)15-8-18-36(24-32)30(37)26-11-6-3-7-12-26;1-2/h2-7,9-14,21H,8,15-20,22-24H2,1H3;1-2H2. The predicted octanol–water partition coefficient (Wildman–Crippen LogP) is 8.31. The first kappa shape index (κ1) is 29.4. The number of amides is 1. The highest BCUT2D eigenvalue weighted by molar-refractivity contribution is 6.42. The summed E-state index contributed by atoms with van der Waals surface area (Å²) in [7, 11) is 0. The smallest absolute Gasteiger partial charge is 0.253 e. The highest BCUT2D eigenvalue weighted by Gasteiger charge is 2.42. The zero-order valence-electron chi connectivity index (χ0n) is 23.0. The molecule has 1 amide bonds. The maximum Gasteiger partial charge on any atom is 0.253 e. The minimum Gasteiger partial charge on any atom is -0.338 e. The molecule has 0 spiro atoms. The number of rotatable bonds is 6. The van der Waals surface area contributed by atoms with Crippen molar-refractivity contribution in [1.82, 2.24) is 9.80 Å². The van der Waals surface area contributed by atoms with Crippen LogP contribution in [0.2, 0.25) is 10.0 Å². The Kier molecular flexibility index (Phi) is 9.93. The van der Waals surface area contributed by atoms with Gasteiger partial charge in [-0.05, 0) is 86.0 Å². The number of carbonyl (C=O) groups excluding carboxylic acids is 1. The molecular formula is C34H40Cl2N2O. The normalized spacial score (nSPS) is 21.1. The Morgan fingerprint density at radius 3 is 2.13 bits per heavy atom. The number of hydrogen-bond donors (Lipinski definition) is 0. The van der Waals surface area contributed by atoms with Crippen molar-refractivity contribution in [1.29, 1.82) is 0 Å². The molecule has 0 N–H and O–H groups in total. The minimum atomic E-state index is -0.176. The van der Waals surface area contributed by atoms with Gasteiger partial charge < -0.3 is 9.80 Å². The predicted molar refractivity (Wildman–Crippen MR) is 165 cm³/mol. The van der Waals surface area contributed by atoms with Gasteiger partial charge in [0.15, 0.2) is 0 Å². The van der Waals surface area contributed by atoms with Crippen LogP contribution in [-0.2, 0) is 11.8 Å². The van der Waals surface area contributed by atoms with Crippen LogP contribution in [0.5, 0.6) is 0 Å². The Morgan fingerprint density at radius 2 is 1.49 bits per heavy atom. The van der Waals surface area contributed by atoms with Crippen LogP contribution in [0.1, 0.15) is 54.1 Å². The highest BCUT2D eigenvalue weighted by atomic mass is 35.5. The molecule has 2 aliphatic heterocycles. The molecule has 2 fully saturated rings. The average Bonchev–Trinajstić information content (AvgIpc) is 2.97. The highest BCUT2D eigenvalue weighted by Crippen LogP contribution is 2.41. The lowest BCUT2D eigenvalue weighted by molar-refractivity contribution is 0.0486. The number of nitrogens with zero attached hydrogens (tertiary/aromatic N) is 2. The third-order valence-corrected chi connectivity index (χ3v) is 9.22. The van der Waals surface area contributed by atoms with E-state index in [1.165, 1.54) is 24.0 Å². The van der Waals surface area contributed by atoms with Gasteiger partial charge in [-0.25, -0.2) is 0 Å². The molecule has 206 valence electrons. The Labute approximate surface area is 244 Å². The van der Waals surface area contributed by atoms with Crippen molar-refractivity contribution in [2.75, 3.05) is 32.7 Å². The molecule has 3 aromatic rings. The molecule has 2 aliphatic rings. The second-order valence-corrected chi connectivity index (χ2v) is 12.2.